The van der Waals surface area contributed by atoms with Gasteiger partial charge in [-0.05, 0) is 34.6 Å². The smallest absolute Gasteiger partial charge is 0.413 e. The molecule has 0 aromatic heterocycles. The Balaban J connectivity index is 2.27. The Hall–Kier alpha value is -1.88. The Labute approximate surface area is 131 Å². The van der Waals surface area contributed by atoms with Gasteiger partial charge in [0.25, 0.3) is 0 Å². The fraction of sp³-hybridized carbons (Fsp3) is 0.529. The molecule has 0 bridgehead atoms. The Kier molecular flexibility index (Phi) is 4.29. The summed E-state index contributed by atoms with van der Waals surface area (Å²) < 4.78 is 11.1. The average molecular weight is 305 g/mol. The monoisotopic (exact) mass is 305 g/mol. The van der Waals surface area contributed by atoms with E-state index in [4.69, 9.17) is 9.47 Å². The van der Waals surface area contributed by atoms with Crippen molar-refractivity contribution in [2.75, 3.05) is 6.61 Å². The van der Waals surface area contributed by atoms with Crippen molar-refractivity contribution < 1.29 is 19.1 Å². The van der Waals surface area contributed by atoms with Crippen LogP contribution >= 0.6 is 0 Å². The minimum Gasteiger partial charge on any atom is -0.444 e. The minimum atomic E-state index is -0.878. The summed E-state index contributed by atoms with van der Waals surface area (Å²) in [5, 5.41) is 0. The van der Waals surface area contributed by atoms with Crippen LogP contribution in [0.3, 0.4) is 0 Å². The molecule has 0 aliphatic carbocycles. The van der Waals surface area contributed by atoms with Gasteiger partial charge in [-0.15, -0.1) is 0 Å². The average Bonchev–Trinajstić information content (AvgIpc) is 2.72. The Bertz CT molecular complexity index is 560. The fourth-order valence-electron chi connectivity index (χ4n) is 2.45. The zero-order valence-electron chi connectivity index (χ0n) is 13.8. The lowest BCUT2D eigenvalue weighted by molar-refractivity contribution is -0.0615. The molecule has 1 saturated heterocycles. The molecule has 120 valence electrons. The van der Waals surface area contributed by atoms with Crippen molar-refractivity contribution in [1.29, 1.82) is 0 Å². The standard InChI is InChI=1S/C17H23NO4/c1-16(2,3)22-15(20)18-13(11-21-17(18,4)5)14(19)12-9-7-6-8-10-12/h6-10,13H,11H2,1-5H3. The SMILES string of the molecule is CC(C)(C)OC(=O)N1C(C(=O)c2ccccc2)COC1(C)C. The highest BCUT2D eigenvalue weighted by Gasteiger charge is 2.48. The molecule has 1 atom stereocenters. The lowest BCUT2D eigenvalue weighted by atomic mass is 10.0. The van der Waals surface area contributed by atoms with E-state index in [1.165, 1.54) is 4.90 Å². The predicted molar refractivity (Wildman–Crippen MR) is 82.7 cm³/mol. The Morgan fingerprint density at radius 2 is 1.82 bits per heavy atom. The summed E-state index contributed by atoms with van der Waals surface area (Å²) in [5.41, 5.74) is -0.949. The number of nitrogens with zero attached hydrogens (tertiary/aromatic N) is 1. The lowest BCUT2D eigenvalue weighted by Crippen LogP contribution is -2.52. The second-order valence-corrected chi connectivity index (χ2v) is 6.85. The second-order valence-electron chi connectivity index (χ2n) is 6.85. The summed E-state index contributed by atoms with van der Waals surface area (Å²) >= 11 is 0. The zero-order valence-corrected chi connectivity index (χ0v) is 13.8. The van der Waals surface area contributed by atoms with E-state index >= 15 is 0 Å². The number of ketones is 1. The molecule has 1 heterocycles. The van der Waals surface area contributed by atoms with Crippen molar-refractivity contribution in [2.24, 2.45) is 0 Å². The van der Waals surface area contributed by atoms with E-state index in [9.17, 15) is 9.59 Å². The number of ether oxygens (including phenoxy) is 2. The number of carbonyl (C=O) groups is 2. The summed E-state index contributed by atoms with van der Waals surface area (Å²) in [4.78, 5) is 26.6. The van der Waals surface area contributed by atoms with Gasteiger partial charge in [0.2, 0.25) is 0 Å². The van der Waals surface area contributed by atoms with Gasteiger partial charge in [-0.1, -0.05) is 30.3 Å². The topological polar surface area (TPSA) is 55.8 Å². The first kappa shape index (κ1) is 16.5. The van der Waals surface area contributed by atoms with Crippen molar-refractivity contribution in [3.8, 4) is 0 Å². The summed E-state index contributed by atoms with van der Waals surface area (Å²) in [5.74, 6) is -0.142. The zero-order chi connectivity index (χ0) is 16.5. The van der Waals surface area contributed by atoms with E-state index in [1.54, 1.807) is 58.9 Å². The first-order valence-corrected chi connectivity index (χ1v) is 7.37. The molecule has 5 nitrogen and oxygen atoms in total. The van der Waals surface area contributed by atoms with Crippen LogP contribution in [0, 0.1) is 0 Å². The molecule has 5 heteroatoms. The molecule has 1 aliphatic rings. The highest BCUT2D eigenvalue weighted by atomic mass is 16.6. The maximum atomic E-state index is 12.7. The van der Waals surface area contributed by atoms with Gasteiger partial charge in [0, 0.05) is 5.56 Å². The van der Waals surface area contributed by atoms with Crippen LogP contribution in [-0.2, 0) is 9.47 Å². The van der Waals surface area contributed by atoms with Gasteiger partial charge in [-0.2, -0.15) is 0 Å². The van der Waals surface area contributed by atoms with Crippen LogP contribution in [0.4, 0.5) is 4.79 Å². The van der Waals surface area contributed by atoms with Crippen molar-refractivity contribution in [3.63, 3.8) is 0 Å². The number of amides is 1. The van der Waals surface area contributed by atoms with Crippen molar-refractivity contribution >= 4 is 11.9 Å². The van der Waals surface area contributed by atoms with Gasteiger partial charge in [0.05, 0.1) is 6.61 Å². The number of hydrogen-bond acceptors (Lipinski definition) is 4. The minimum absolute atomic E-state index is 0.142. The molecular weight excluding hydrogens is 282 g/mol. The van der Waals surface area contributed by atoms with E-state index in [-0.39, 0.29) is 12.4 Å². The lowest BCUT2D eigenvalue weighted by Gasteiger charge is -2.34. The normalized spacial score (nSPS) is 20.8. The Morgan fingerprint density at radius 1 is 1.23 bits per heavy atom. The van der Waals surface area contributed by atoms with Crippen LogP contribution in [0.1, 0.15) is 45.0 Å². The molecule has 1 aliphatic heterocycles. The summed E-state index contributed by atoms with van der Waals surface area (Å²) in [6, 6.07) is 8.24. The van der Waals surface area contributed by atoms with Gasteiger partial charge in [-0.3, -0.25) is 9.69 Å². The van der Waals surface area contributed by atoms with Gasteiger partial charge < -0.3 is 9.47 Å². The summed E-state index contributed by atoms with van der Waals surface area (Å²) in [7, 11) is 0. The van der Waals surface area contributed by atoms with Crippen molar-refractivity contribution in [2.45, 2.75) is 52.0 Å². The second kappa shape index (κ2) is 5.72. The largest absolute Gasteiger partial charge is 0.444 e. The van der Waals surface area contributed by atoms with Gasteiger partial charge in [-0.25, -0.2) is 4.79 Å². The van der Waals surface area contributed by atoms with E-state index in [1.807, 2.05) is 6.07 Å². The number of hydrogen-bond donors (Lipinski definition) is 0. The Morgan fingerprint density at radius 3 is 2.36 bits per heavy atom. The molecular formula is C17H23NO4. The van der Waals surface area contributed by atoms with Crippen LogP contribution in [0.25, 0.3) is 0 Å². The first-order chi connectivity index (χ1) is 10.1. The van der Waals surface area contributed by atoms with Crippen LogP contribution < -0.4 is 0 Å². The van der Waals surface area contributed by atoms with Gasteiger partial charge in [0.1, 0.15) is 17.4 Å². The molecule has 1 fully saturated rings. The first-order valence-electron chi connectivity index (χ1n) is 7.37. The van der Waals surface area contributed by atoms with E-state index < -0.39 is 23.5 Å². The summed E-state index contributed by atoms with van der Waals surface area (Å²) in [6.45, 7) is 9.07. The molecule has 0 N–H and O–H groups in total. The van der Waals surface area contributed by atoms with Gasteiger partial charge >= 0.3 is 6.09 Å². The number of carbonyl (C=O) groups excluding carboxylic acids is 2. The predicted octanol–water partition coefficient (Wildman–Crippen LogP) is 3.24. The maximum absolute atomic E-state index is 12.7. The molecule has 0 radical (unpaired) electrons. The third-order valence-electron chi connectivity index (χ3n) is 3.44. The van der Waals surface area contributed by atoms with E-state index in [0.29, 0.717) is 5.56 Å². The molecule has 22 heavy (non-hydrogen) atoms. The number of Topliss-reactive ketones (excluding diaryl/α,β-unsaturated/α-hetero) is 1. The van der Waals surface area contributed by atoms with Crippen LogP contribution in [0.5, 0.6) is 0 Å². The number of rotatable bonds is 2. The molecule has 1 aromatic rings. The van der Waals surface area contributed by atoms with Crippen molar-refractivity contribution in [3.05, 3.63) is 35.9 Å². The van der Waals surface area contributed by atoms with E-state index in [0.717, 1.165) is 0 Å². The third-order valence-corrected chi connectivity index (χ3v) is 3.44. The molecule has 1 amide bonds. The highest BCUT2D eigenvalue weighted by Crippen LogP contribution is 2.31. The maximum Gasteiger partial charge on any atom is 0.413 e. The number of benzene rings is 1. The fourth-order valence-corrected chi connectivity index (χ4v) is 2.45. The molecule has 1 aromatic carbocycles. The van der Waals surface area contributed by atoms with Crippen LogP contribution in [0.2, 0.25) is 0 Å². The molecule has 1 unspecified atom stereocenters. The van der Waals surface area contributed by atoms with Crippen LogP contribution in [-0.4, -0.2) is 40.8 Å². The highest BCUT2D eigenvalue weighted by molar-refractivity contribution is 6.02. The van der Waals surface area contributed by atoms with E-state index in [2.05, 4.69) is 0 Å². The third kappa shape index (κ3) is 3.47. The molecule has 2 rings (SSSR count). The van der Waals surface area contributed by atoms with Crippen LogP contribution in [0.15, 0.2) is 30.3 Å². The van der Waals surface area contributed by atoms with Gasteiger partial charge in [0.15, 0.2) is 5.78 Å². The quantitative estimate of drug-likeness (QED) is 0.787. The van der Waals surface area contributed by atoms with Crippen molar-refractivity contribution in [1.82, 2.24) is 4.90 Å². The summed E-state index contributed by atoms with van der Waals surface area (Å²) in [6.07, 6.45) is -0.538. The molecule has 0 saturated carbocycles. The molecule has 0 spiro atoms.